The van der Waals surface area contributed by atoms with Crippen molar-refractivity contribution in [1.82, 2.24) is 25.1 Å². The molecular formula is C35H35ClFN7O4. The number of imide groups is 1. The molecule has 2 fully saturated rings. The van der Waals surface area contributed by atoms with Gasteiger partial charge in [0.2, 0.25) is 17.7 Å². The number of nitrogens with one attached hydrogen (secondary N) is 3. The molecule has 6 rings (SSSR count). The lowest BCUT2D eigenvalue weighted by molar-refractivity contribution is -0.134. The van der Waals surface area contributed by atoms with Crippen molar-refractivity contribution in [3.05, 3.63) is 95.0 Å². The number of fused-ring (bicyclic) bond motifs is 1. The van der Waals surface area contributed by atoms with Crippen LogP contribution in [0, 0.1) is 5.82 Å². The van der Waals surface area contributed by atoms with Crippen LogP contribution in [0.15, 0.2) is 73.1 Å². The van der Waals surface area contributed by atoms with Gasteiger partial charge in [0.1, 0.15) is 23.7 Å². The molecule has 1 aromatic heterocycles. The normalized spacial score (nSPS) is 17.4. The summed E-state index contributed by atoms with van der Waals surface area (Å²) in [6, 6.07) is 15.8. The number of hydrogen-bond acceptors (Lipinski definition) is 9. The number of ether oxygens (including phenoxy) is 1. The average molecular weight is 672 g/mol. The number of carbonyl (C=O) groups excluding carboxylic acids is 3. The summed E-state index contributed by atoms with van der Waals surface area (Å²) in [6.07, 6.45) is 5.66. The maximum Gasteiger partial charge on any atom is 0.248 e. The molecule has 0 bridgehead atoms. The van der Waals surface area contributed by atoms with Gasteiger partial charge in [-0.15, -0.1) is 0 Å². The van der Waals surface area contributed by atoms with E-state index in [2.05, 4.69) is 47.9 Å². The van der Waals surface area contributed by atoms with Crippen molar-refractivity contribution in [2.75, 3.05) is 50.5 Å². The van der Waals surface area contributed by atoms with Gasteiger partial charge in [-0.05, 0) is 41.8 Å². The number of piperazine rings is 1. The summed E-state index contributed by atoms with van der Waals surface area (Å²) in [5, 5.41) is 9.08. The summed E-state index contributed by atoms with van der Waals surface area (Å²) < 4.78 is 19.2. The molecule has 3 amide bonds. The first-order valence-corrected chi connectivity index (χ1v) is 16.0. The molecule has 48 heavy (non-hydrogen) atoms. The van der Waals surface area contributed by atoms with Crippen LogP contribution in [-0.2, 0) is 20.9 Å². The predicted octanol–water partition coefficient (Wildman–Crippen LogP) is 5.01. The number of halogens is 2. The van der Waals surface area contributed by atoms with E-state index in [-0.39, 0.29) is 28.7 Å². The lowest BCUT2D eigenvalue weighted by Gasteiger charge is -2.34. The Kier molecular flexibility index (Phi) is 10.2. The molecule has 2 aliphatic rings. The van der Waals surface area contributed by atoms with Gasteiger partial charge in [0.15, 0.2) is 0 Å². The zero-order valence-corrected chi connectivity index (χ0v) is 27.1. The van der Waals surface area contributed by atoms with Gasteiger partial charge in [0.05, 0.1) is 29.3 Å². The fourth-order valence-electron chi connectivity index (χ4n) is 5.95. The highest BCUT2D eigenvalue weighted by Gasteiger charge is 2.28. The van der Waals surface area contributed by atoms with E-state index in [0.29, 0.717) is 53.2 Å². The first-order chi connectivity index (χ1) is 23.2. The lowest BCUT2D eigenvalue weighted by Crippen LogP contribution is -2.45. The molecule has 1 unspecified atom stereocenters. The minimum absolute atomic E-state index is 0.0176. The van der Waals surface area contributed by atoms with E-state index in [9.17, 15) is 18.8 Å². The third-order valence-corrected chi connectivity index (χ3v) is 8.78. The number of nitrogens with zero attached hydrogens (tertiary/aromatic N) is 4. The van der Waals surface area contributed by atoms with Crippen molar-refractivity contribution in [3.63, 3.8) is 0 Å². The van der Waals surface area contributed by atoms with Crippen LogP contribution in [0.5, 0.6) is 5.75 Å². The SMILES string of the molecule is COc1cc2ncnc(Nc3ccc(F)c(Cl)c3)c2cc1NC(=O)/C=C/CN1CCN(Cc2cccc(C3CCC(=O)NC3=O)c2)CC1. The maximum absolute atomic E-state index is 13.6. The largest absolute Gasteiger partial charge is 0.494 e. The summed E-state index contributed by atoms with van der Waals surface area (Å²) in [6.45, 7) is 4.86. The van der Waals surface area contributed by atoms with Gasteiger partial charge in [-0.3, -0.25) is 29.5 Å². The second-order valence-corrected chi connectivity index (χ2v) is 12.2. The van der Waals surface area contributed by atoms with E-state index < -0.39 is 5.82 Å². The van der Waals surface area contributed by atoms with Crippen LogP contribution in [0.4, 0.5) is 21.6 Å². The molecule has 0 aliphatic carbocycles. The van der Waals surface area contributed by atoms with Gasteiger partial charge in [-0.1, -0.05) is 41.9 Å². The third-order valence-electron chi connectivity index (χ3n) is 8.49. The molecule has 3 heterocycles. The Balaban J connectivity index is 1.02. The summed E-state index contributed by atoms with van der Waals surface area (Å²) in [7, 11) is 1.52. The number of methoxy groups -OCH3 is 1. The van der Waals surface area contributed by atoms with E-state index >= 15 is 0 Å². The molecule has 11 nitrogen and oxygen atoms in total. The Labute approximate surface area is 282 Å². The van der Waals surface area contributed by atoms with E-state index in [1.165, 1.54) is 31.6 Å². The van der Waals surface area contributed by atoms with Gasteiger partial charge in [0, 0.05) is 68.9 Å². The van der Waals surface area contributed by atoms with Gasteiger partial charge >= 0.3 is 0 Å². The van der Waals surface area contributed by atoms with Crippen LogP contribution < -0.4 is 20.7 Å². The topological polar surface area (TPSA) is 129 Å². The number of rotatable bonds is 10. The summed E-state index contributed by atoms with van der Waals surface area (Å²) in [5.74, 6) is -0.650. The zero-order chi connectivity index (χ0) is 33.6. The van der Waals surface area contributed by atoms with Crippen molar-refractivity contribution in [2.45, 2.75) is 25.3 Å². The lowest BCUT2D eigenvalue weighted by atomic mass is 9.89. The minimum Gasteiger partial charge on any atom is -0.494 e. The van der Waals surface area contributed by atoms with Gasteiger partial charge in [-0.2, -0.15) is 0 Å². The maximum atomic E-state index is 13.6. The number of aromatic nitrogens is 2. The summed E-state index contributed by atoms with van der Waals surface area (Å²) in [5.41, 5.74) is 3.67. The molecule has 0 spiro atoms. The minimum atomic E-state index is -0.522. The highest BCUT2D eigenvalue weighted by Crippen LogP contribution is 2.34. The van der Waals surface area contributed by atoms with E-state index in [0.717, 1.165) is 43.9 Å². The van der Waals surface area contributed by atoms with E-state index in [1.54, 1.807) is 18.2 Å². The Bertz CT molecular complexity index is 1880. The molecule has 0 saturated carbocycles. The summed E-state index contributed by atoms with van der Waals surface area (Å²) in [4.78, 5) is 50.1. The predicted molar refractivity (Wildman–Crippen MR) is 182 cm³/mol. The first kappa shape index (κ1) is 33.0. The molecule has 3 N–H and O–H groups in total. The van der Waals surface area contributed by atoms with Crippen molar-refractivity contribution < 1.29 is 23.5 Å². The van der Waals surface area contributed by atoms with Crippen molar-refractivity contribution >= 4 is 57.4 Å². The number of amides is 3. The fraction of sp³-hybridized carbons (Fsp3) is 0.286. The Morgan fingerprint density at radius 3 is 2.67 bits per heavy atom. The highest BCUT2D eigenvalue weighted by molar-refractivity contribution is 6.31. The first-order valence-electron chi connectivity index (χ1n) is 15.7. The Morgan fingerprint density at radius 2 is 1.90 bits per heavy atom. The van der Waals surface area contributed by atoms with Crippen LogP contribution in [0.2, 0.25) is 5.02 Å². The highest BCUT2D eigenvalue weighted by atomic mass is 35.5. The summed E-state index contributed by atoms with van der Waals surface area (Å²) >= 11 is 5.94. The average Bonchev–Trinajstić information content (AvgIpc) is 3.07. The van der Waals surface area contributed by atoms with Crippen LogP contribution in [0.3, 0.4) is 0 Å². The second-order valence-electron chi connectivity index (χ2n) is 11.8. The molecule has 248 valence electrons. The zero-order valence-electron chi connectivity index (χ0n) is 26.3. The van der Waals surface area contributed by atoms with Crippen LogP contribution in [0.1, 0.15) is 29.9 Å². The Morgan fingerprint density at radius 1 is 1.08 bits per heavy atom. The quantitative estimate of drug-likeness (QED) is 0.158. The van der Waals surface area contributed by atoms with Crippen LogP contribution >= 0.6 is 11.6 Å². The molecule has 0 radical (unpaired) electrons. The second kappa shape index (κ2) is 14.9. The van der Waals surface area contributed by atoms with Crippen molar-refractivity contribution in [2.24, 2.45) is 0 Å². The van der Waals surface area contributed by atoms with Crippen LogP contribution in [-0.4, -0.2) is 77.3 Å². The van der Waals surface area contributed by atoms with E-state index in [4.69, 9.17) is 16.3 Å². The number of benzene rings is 3. The molecule has 4 aromatic rings. The van der Waals surface area contributed by atoms with Gasteiger partial charge < -0.3 is 15.4 Å². The number of anilines is 3. The molecule has 2 aliphatic heterocycles. The van der Waals surface area contributed by atoms with Gasteiger partial charge in [0.25, 0.3) is 0 Å². The standard InChI is InChI=1S/C35H35ClFN7O4/c1-48-31-19-29-26(34(39-21-38-29)40-24-7-9-28(37)27(36)17-24)18-30(31)41-32(45)6-3-11-43-12-14-44(15-13-43)20-22-4-2-5-23(16-22)25-8-10-33(46)42-35(25)47/h2-7,9,16-19,21,25H,8,10-15,20H2,1H3,(H,41,45)(H,38,39,40)(H,42,46,47)/b6-3+. The van der Waals surface area contributed by atoms with Crippen LogP contribution in [0.25, 0.3) is 10.9 Å². The molecule has 3 aromatic carbocycles. The van der Waals surface area contributed by atoms with E-state index in [1.807, 2.05) is 18.2 Å². The molecule has 2 saturated heterocycles. The molecule has 13 heteroatoms. The smallest absolute Gasteiger partial charge is 0.248 e. The number of piperidine rings is 1. The molecule has 1 atom stereocenters. The number of carbonyl (C=O) groups is 3. The van der Waals surface area contributed by atoms with Crippen molar-refractivity contribution in [1.29, 1.82) is 0 Å². The third kappa shape index (κ3) is 7.96. The Hall–Kier alpha value is -4.91. The fourth-order valence-corrected chi connectivity index (χ4v) is 6.13. The van der Waals surface area contributed by atoms with Gasteiger partial charge in [-0.25, -0.2) is 14.4 Å². The van der Waals surface area contributed by atoms with Crippen molar-refractivity contribution in [3.8, 4) is 5.75 Å². The molecular weight excluding hydrogens is 637 g/mol. The number of hydrogen-bond donors (Lipinski definition) is 3. The monoisotopic (exact) mass is 671 g/mol.